The summed E-state index contributed by atoms with van der Waals surface area (Å²) in [4.78, 5) is 2.48. The largest absolute Gasteiger partial charge is 0.310 e. The van der Waals surface area contributed by atoms with Gasteiger partial charge in [-0.15, -0.1) is 11.3 Å². The van der Waals surface area contributed by atoms with Gasteiger partial charge in [0.05, 0.1) is 5.41 Å². The molecule has 1 spiro atoms. The summed E-state index contributed by atoms with van der Waals surface area (Å²) in [5, 5.41) is 2.60. The van der Waals surface area contributed by atoms with E-state index in [2.05, 4.69) is 243 Å². The fraction of sp³-hybridized carbons (Fsp3) is 0.0625. The van der Waals surface area contributed by atoms with Crippen LogP contribution in [0.4, 0.5) is 17.1 Å². The Kier molecular flexibility index (Phi) is 7.89. The predicted octanol–water partition coefficient (Wildman–Crippen LogP) is 17.5. The Bertz CT molecular complexity index is 3740. The molecule has 0 aliphatic heterocycles. The number of fused-ring (bicyclic) bond motifs is 16. The number of hydrogen-bond acceptors (Lipinski definition) is 2. The van der Waals surface area contributed by atoms with Crippen LogP contribution < -0.4 is 4.90 Å². The highest BCUT2D eigenvalue weighted by atomic mass is 32.1. The van der Waals surface area contributed by atoms with Gasteiger partial charge >= 0.3 is 0 Å². The fourth-order valence-corrected chi connectivity index (χ4v) is 13.4. The van der Waals surface area contributed by atoms with Gasteiger partial charge in [-0.25, -0.2) is 0 Å². The van der Waals surface area contributed by atoms with Crippen molar-refractivity contribution in [1.29, 1.82) is 0 Å². The van der Waals surface area contributed by atoms with E-state index in [1.54, 1.807) is 0 Å². The molecule has 0 saturated heterocycles. The summed E-state index contributed by atoms with van der Waals surface area (Å²) in [6.45, 7) is 4.75. The van der Waals surface area contributed by atoms with Crippen LogP contribution in [0.3, 0.4) is 0 Å². The molecule has 0 fully saturated rings. The van der Waals surface area contributed by atoms with Crippen molar-refractivity contribution in [3.63, 3.8) is 0 Å². The average molecular weight is 858 g/mol. The van der Waals surface area contributed by atoms with Crippen LogP contribution in [-0.2, 0) is 10.8 Å². The van der Waals surface area contributed by atoms with Crippen LogP contribution in [0.2, 0.25) is 0 Å². The molecule has 14 rings (SSSR count). The second kappa shape index (κ2) is 13.9. The summed E-state index contributed by atoms with van der Waals surface area (Å²) in [6, 6.07) is 84.3. The van der Waals surface area contributed by atoms with Crippen molar-refractivity contribution in [2.75, 3.05) is 4.90 Å². The molecule has 3 aliphatic carbocycles. The zero-order chi connectivity index (χ0) is 43.7. The van der Waals surface area contributed by atoms with Gasteiger partial charge in [-0.2, -0.15) is 0 Å². The Balaban J connectivity index is 1.04. The molecule has 0 saturated carbocycles. The van der Waals surface area contributed by atoms with Crippen LogP contribution in [0.15, 0.2) is 224 Å². The molecule has 0 unspecified atom stereocenters. The van der Waals surface area contributed by atoms with Crippen LogP contribution >= 0.6 is 11.3 Å². The third-order valence-electron chi connectivity index (χ3n) is 15.1. The van der Waals surface area contributed by atoms with E-state index >= 15 is 0 Å². The van der Waals surface area contributed by atoms with Gasteiger partial charge in [0.1, 0.15) is 0 Å². The number of hydrogen-bond donors (Lipinski definition) is 0. The Hall–Kier alpha value is -7.78. The summed E-state index contributed by atoms with van der Waals surface area (Å²) >= 11 is 1.92. The third kappa shape index (κ3) is 5.05. The molecule has 66 heavy (non-hydrogen) atoms. The molecular formula is C64H43NS. The summed E-state index contributed by atoms with van der Waals surface area (Å²) < 4.78 is 2.60. The van der Waals surface area contributed by atoms with E-state index < -0.39 is 5.41 Å². The molecule has 1 nitrogen and oxygen atoms in total. The van der Waals surface area contributed by atoms with E-state index in [-0.39, 0.29) is 5.41 Å². The smallest absolute Gasteiger partial charge is 0.0726 e. The van der Waals surface area contributed by atoms with Crippen molar-refractivity contribution in [3.8, 4) is 55.6 Å². The molecule has 3 aliphatic rings. The van der Waals surface area contributed by atoms with Gasteiger partial charge in [-0.1, -0.05) is 190 Å². The Morgan fingerprint density at radius 3 is 1.48 bits per heavy atom. The minimum atomic E-state index is -0.429. The Labute approximate surface area is 389 Å². The number of anilines is 3. The Morgan fingerprint density at radius 1 is 0.333 bits per heavy atom. The number of nitrogens with zero attached hydrogens (tertiary/aromatic N) is 1. The van der Waals surface area contributed by atoms with Crippen LogP contribution in [0.25, 0.3) is 75.8 Å². The van der Waals surface area contributed by atoms with Crippen molar-refractivity contribution in [2.24, 2.45) is 0 Å². The van der Waals surface area contributed by atoms with E-state index in [9.17, 15) is 0 Å². The lowest BCUT2D eigenvalue weighted by Gasteiger charge is -2.30. The highest BCUT2D eigenvalue weighted by Gasteiger charge is 2.52. The van der Waals surface area contributed by atoms with E-state index in [0.717, 1.165) is 17.1 Å². The lowest BCUT2D eigenvalue weighted by molar-refractivity contribution is 0.660. The van der Waals surface area contributed by atoms with Crippen LogP contribution in [0.5, 0.6) is 0 Å². The standard InChI is InChI=1S/C64H43NS/c1-63(2)52-25-13-9-21-46(52)49-35-33-45(38-56(49)63)65(43-31-29-41(30-32-43)40-17-5-3-6-18-40)44-34-36-58-51(37-44)62-59(66-58)39-57-61(60(62)42-19-7-4-8-20-42)50-24-12-16-28-55(50)64(57)53-26-14-10-22-47(53)48-23-11-15-27-54(48)64/h3-39H,1-2H3. The first kappa shape index (κ1) is 37.6. The fourth-order valence-electron chi connectivity index (χ4n) is 12.2. The normalized spacial score (nSPS) is 14.2. The van der Waals surface area contributed by atoms with Crippen molar-refractivity contribution in [2.45, 2.75) is 24.7 Å². The van der Waals surface area contributed by atoms with Gasteiger partial charge in [0.15, 0.2) is 0 Å². The maximum absolute atomic E-state index is 2.57. The lowest BCUT2D eigenvalue weighted by Crippen LogP contribution is -2.25. The zero-order valence-corrected chi connectivity index (χ0v) is 37.5. The topological polar surface area (TPSA) is 3.24 Å². The van der Waals surface area contributed by atoms with Crippen molar-refractivity contribution < 1.29 is 0 Å². The number of benzene rings is 10. The van der Waals surface area contributed by atoms with E-state index in [4.69, 9.17) is 0 Å². The maximum atomic E-state index is 2.57. The number of rotatable bonds is 5. The predicted molar refractivity (Wildman–Crippen MR) is 279 cm³/mol. The van der Waals surface area contributed by atoms with Crippen molar-refractivity contribution in [3.05, 3.63) is 258 Å². The molecule has 0 radical (unpaired) electrons. The van der Waals surface area contributed by atoms with Crippen LogP contribution in [-0.4, -0.2) is 0 Å². The SMILES string of the molecule is CC1(C)c2ccccc2-c2ccc(N(c3ccc(-c4ccccc4)cc3)c3ccc4sc5cc6c(c(-c7ccccc7)c5c4c3)-c3ccccc3C63c4ccccc4-c4ccccc43)cc21. The second-order valence-corrected chi connectivity index (χ2v) is 19.8. The van der Waals surface area contributed by atoms with Crippen molar-refractivity contribution in [1.82, 2.24) is 0 Å². The first-order chi connectivity index (χ1) is 32.5. The Morgan fingerprint density at radius 2 is 0.818 bits per heavy atom. The first-order valence-corrected chi connectivity index (χ1v) is 23.9. The highest BCUT2D eigenvalue weighted by Crippen LogP contribution is 2.65. The molecule has 2 heteroatoms. The molecule has 0 N–H and O–H groups in total. The third-order valence-corrected chi connectivity index (χ3v) is 16.2. The maximum Gasteiger partial charge on any atom is 0.0726 e. The van der Waals surface area contributed by atoms with Gasteiger partial charge in [0.2, 0.25) is 0 Å². The van der Waals surface area contributed by atoms with Gasteiger partial charge in [-0.05, 0) is 138 Å². The molecule has 0 amide bonds. The average Bonchev–Trinajstić information content (AvgIpc) is 4.06. The molecule has 310 valence electrons. The van der Waals surface area contributed by atoms with Gasteiger partial charge in [-0.3, -0.25) is 0 Å². The molecule has 0 atom stereocenters. The molecule has 10 aromatic carbocycles. The van der Waals surface area contributed by atoms with Gasteiger partial charge in [0, 0.05) is 42.6 Å². The van der Waals surface area contributed by atoms with Gasteiger partial charge in [0.25, 0.3) is 0 Å². The monoisotopic (exact) mass is 857 g/mol. The summed E-state index contributed by atoms with van der Waals surface area (Å²) in [6.07, 6.45) is 0. The minimum absolute atomic E-state index is 0.128. The lowest BCUT2D eigenvalue weighted by atomic mass is 9.70. The quantitative estimate of drug-likeness (QED) is 0.167. The summed E-state index contributed by atoms with van der Waals surface area (Å²) in [5.41, 5.74) is 24.0. The zero-order valence-electron chi connectivity index (χ0n) is 36.7. The molecule has 0 bridgehead atoms. The highest BCUT2D eigenvalue weighted by molar-refractivity contribution is 7.26. The van der Waals surface area contributed by atoms with E-state index in [1.165, 1.54) is 109 Å². The number of thiophene rings is 1. The van der Waals surface area contributed by atoms with Crippen molar-refractivity contribution >= 4 is 48.6 Å². The summed E-state index contributed by atoms with van der Waals surface area (Å²) in [5.74, 6) is 0. The molecule has 11 aromatic rings. The molecule has 1 heterocycles. The minimum Gasteiger partial charge on any atom is -0.310 e. The molecular weight excluding hydrogens is 815 g/mol. The van der Waals surface area contributed by atoms with Crippen LogP contribution in [0, 0.1) is 0 Å². The van der Waals surface area contributed by atoms with Crippen LogP contribution in [0.1, 0.15) is 47.2 Å². The van der Waals surface area contributed by atoms with E-state index in [0.29, 0.717) is 0 Å². The molecule has 1 aromatic heterocycles. The van der Waals surface area contributed by atoms with E-state index in [1.807, 2.05) is 11.3 Å². The first-order valence-electron chi connectivity index (χ1n) is 23.1. The van der Waals surface area contributed by atoms with Gasteiger partial charge < -0.3 is 4.90 Å². The summed E-state index contributed by atoms with van der Waals surface area (Å²) in [7, 11) is 0. The second-order valence-electron chi connectivity index (χ2n) is 18.7.